The zero-order valence-corrected chi connectivity index (χ0v) is 8.72. The van der Waals surface area contributed by atoms with E-state index in [9.17, 15) is 0 Å². The van der Waals surface area contributed by atoms with E-state index < -0.39 is 0 Å². The Morgan fingerprint density at radius 2 is 2.31 bits per heavy atom. The molecule has 1 N–H and O–H groups in total. The molecule has 0 aliphatic carbocycles. The van der Waals surface area contributed by atoms with Crippen molar-refractivity contribution in [1.29, 1.82) is 0 Å². The Kier molecular flexibility index (Phi) is 6.62. The van der Waals surface area contributed by atoms with E-state index in [-0.39, 0.29) is 12.9 Å². The molecular weight excluding hydrogens is 188 g/mol. The monoisotopic (exact) mass is 206 g/mol. The topological polar surface area (TPSA) is 38.7 Å². The number of hydrogen-bond donors (Lipinski definition) is 1. The predicted octanol–water partition coefficient (Wildman–Crippen LogP) is 1.26. The van der Waals surface area contributed by atoms with E-state index in [1.807, 2.05) is 0 Å². The Bertz CT molecular complexity index is 115. The number of thioether (sulfide) groups is 1. The zero-order valence-electron chi connectivity index (χ0n) is 7.91. The van der Waals surface area contributed by atoms with Crippen LogP contribution in [0.5, 0.6) is 0 Å². The highest BCUT2D eigenvalue weighted by molar-refractivity contribution is 7.99. The van der Waals surface area contributed by atoms with Crippen molar-refractivity contribution in [3.05, 3.63) is 0 Å². The predicted molar refractivity (Wildman–Crippen MR) is 54.0 cm³/mol. The molecule has 1 rings (SSSR count). The molecule has 13 heavy (non-hydrogen) atoms. The van der Waals surface area contributed by atoms with Gasteiger partial charge in [0.2, 0.25) is 0 Å². The van der Waals surface area contributed by atoms with E-state index in [0.29, 0.717) is 0 Å². The van der Waals surface area contributed by atoms with Gasteiger partial charge in [0.25, 0.3) is 0 Å². The molecule has 3 nitrogen and oxygen atoms in total. The van der Waals surface area contributed by atoms with Gasteiger partial charge in [0.15, 0.2) is 6.29 Å². The standard InChI is InChI=1S/C9H18O3S/c10-4-7-13-8-6-12-9-3-1-2-5-11-9/h9-10H,1-8H2. The van der Waals surface area contributed by atoms with Crippen molar-refractivity contribution < 1.29 is 14.6 Å². The Hall–Kier alpha value is 0.230. The van der Waals surface area contributed by atoms with E-state index in [2.05, 4.69) is 0 Å². The molecule has 0 saturated carbocycles. The molecule has 1 aliphatic heterocycles. The average Bonchev–Trinajstić information content (AvgIpc) is 2.19. The van der Waals surface area contributed by atoms with Gasteiger partial charge in [-0.1, -0.05) is 0 Å². The molecule has 1 aliphatic rings. The number of aliphatic hydroxyl groups excluding tert-OH is 1. The highest BCUT2D eigenvalue weighted by Gasteiger charge is 2.13. The molecule has 1 heterocycles. The molecule has 0 aromatic rings. The number of aliphatic hydroxyl groups is 1. The van der Waals surface area contributed by atoms with Gasteiger partial charge in [-0.3, -0.25) is 0 Å². The minimum atomic E-state index is 0.0310. The second-order valence-electron chi connectivity index (χ2n) is 3.00. The van der Waals surface area contributed by atoms with E-state index in [0.717, 1.165) is 31.1 Å². The molecule has 1 unspecified atom stereocenters. The van der Waals surface area contributed by atoms with Crippen LogP contribution in [0.1, 0.15) is 19.3 Å². The zero-order chi connectivity index (χ0) is 9.36. The summed E-state index contributed by atoms with van der Waals surface area (Å²) in [6.45, 7) is 1.83. The molecule has 0 spiro atoms. The second kappa shape index (κ2) is 7.62. The van der Waals surface area contributed by atoms with Gasteiger partial charge >= 0.3 is 0 Å². The number of ether oxygens (including phenoxy) is 2. The van der Waals surface area contributed by atoms with Gasteiger partial charge in [0.1, 0.15) is 0 Å². The third-order valence-electron chi connectivity index (χ3n) is 1.90. The van der Waals surface area contributed by atoms with Gasteiger partial charge in [-0.05, 0) is 19.3 Å². The molecule has 78 valence electrons. The molecule has 1 fully saturated rings. The van der Waals surface area contributed by atoms with E-state index >= 15 is 0 Å². The van der Waals surface area contributed by atoms with Gasteiger partial charge in [-0.2, -0.15) is 11.8 Å². The summed E-state index contributed by atoms with van der Waals surface area (Å²) in [4.78, 5) is 0. The minimum Gasteiger partial charge on any atom is -0.396 e. The summed E-state index contributed by atoms with van der Waals surface area (Å²) in [6, 6.07) is 0. The van der Waals surface area contributed by atoms with Crippen LogP contribution >= 0.6 is 11.8 Å². The fraction of sp³-hybridized carbons (Fsp3) is 1.00. The first kappa shape index (κ1) is 11.3. The van der Waals surface area contributed by atoms with Crippen molar-refractivity contribution in [3.63, 3.8) is 0 Å². The minimum absolute atomic E-state index is 0.0310. The van der Waals surface area contributed by atoms with Crippen LogP contribution in [0.2, 0.25) is 0 Å². The van der Waals surface area contributed by atoms with Gasteiger partial charge in [-0.25, -0.2) is 0 Å². The lowest BCUT2D eigenvalue weighted by molar-refractivity contribution is -0.158. The SMILES string of the molecule is OCCSCCOC1CCCCO1. The summed E-state index contributed by atoms with van der Waals surface area (Å²) in [5.74, 6) is 1.75. The lowest BCUT2D eigenvalue weighted by atomic mass is 10.2. The first-order chi connectivity index (χ1) is 6.43. The van der Waals surface area contributed by atoms with E-state index in [1.165, 1.54) is 12.8 Å². The first-order valence-electron chi connectivity index (χ1n) is 4.85. The number of hydrogen-bond acceptors (Lipinski definition) is 4. The summed E-state index contributed by atoms with van der Waals surface area (Å²) in [7, 11) is 0. The summed E-state index contributed by atoms with van der Waals surface area (Å²) in [5.41, 5.74) is 0. The van der Waals surface area contributed by atoms with Crippen molar-refractivity contribution in [2.24, 2.45) is 0 Å². The van der Waals surface area contributed by atoms with Crippen LogP contribution in [-0.2, 0) is 9.47 Å². The van der Waals surface area contributed by atoms with Gasteiger partial charge in [0.05, 0.1) is 13.2 Å². The van der Waals surface area contributed by atoms with Crippen molar-refractivity contribution in [1.82, 2.24) is 0 Å². The molecule has 1 saturated heterocycles. The van der Waals surface area contributed by atoms with E-state index in [4.69, 9.17) is 14.6 Å². The van der Waals surface area contributed by atoms with Crippen LogP contribution in [0, 0.1) is 0 Å². The summed E-state index contributed by atoms with van der Waals surface area (Å²) in [5, 5.41) is 8.53. The fourth-order valence-corrected chi connectivity index (χ4v) is 1.80. The average molecular weight is 206 g/mol. The van der Waals surface area contributed by atoms with Crippen molar-refractivity contribution >= 4 is 11.8 Å². The van der Waals surface area contributed by atoms with Crippen molar-refractivity contribution in [2.45, 2.75) is 25.6 Å². The maximum Gasteiger partial charge on any atom is 0.157 e. The molecular formula is C9H18O3S. The van der Waals surface area contributed by atoms with Crippen LogP contribution in [0.4, 0.5) is 0 Å². The second-order valence-corrected chi connectivity index (χ2v) is 4.23. The molecule has 1 atom stereocenters. The van der Waals surface area contributed by atoms with Gasteiger partial charge in [0, 0.05) is 18.1 Å². The normalized spacial score (nSPS) is 23.3. The molecule has 0 aromatic heterocycles. The van der Waals surface area contributed by atoms with Crippen molar-refractivity contribution in [2.75, 3.05) is 31.3 Å². The quantitative estimate of drug-likeness (QED) is 0.664. The molecule has 4 heteroatoms. The Labute approximate surface area is 83.8 Å². The maximum absolute atomic E-state index is 8.53. The first-order valence-corrected chi connectivity index (χ1v) is 6.01. The Morgan fingerprint density at radius 3 is 3.00 bits per heavy atom. The molecule has 0 aromatic carbocycles. The van der Waals surface area contributed by atoms with E-state index in [1.54, 1.807) is 11.8 Å². The molecule has 0 radical (unpaired) electrons. The van der Waals surface area contributed by atoms with Crippen LogP contribution < -0.4 is 0 Å². The Morgan fingerprint density at radius 1 is 1.38 bits per heavy atom. The third-order valence-corrected chi connectivity index (χ3v) is 2.83. The molecule has 0 amide bonds. The lowest BCUT2D eigenvalue weighted by Gasteiger charge is -2.22. The van der Waals surface area contributed by atoms with Crippen molar-refractivity contribution in [3.8, 4) is 0 Å². The van der Waals surface area contributed by atoms with Crippen LogP contribution in [0.25, 0.3) is 0 Å². The smallest absolute Gasteiger partial charge is 0.157 e. The summed E-state index contributed by atoms with van der Waals surface area (Å²) < 4.78 is 10.9. The molecule has 0 bridgehead atoms. The largest absolute Gasteiger partial charge is 0.396 e. The van der Waals surface area contributed by atoms with Crippen LogP contribution in [-0.4, -0.2) is 42.7 Å². The third kappa shape index (κ3) is 5.52. The fourth-order valence-electron chi connectivity index (χ4n) is 1.25. The maximum atomic E-state index is 8.53. The highest BCUT2D eigenvalue weighted by Crippen LogP contribution is 2.13. The van der Waals surface area contributed by atoms with Crippen LogP contribution in [0.15, 0.2) is 0 Å². The van der Waals surface area contributed by atoms with Gasteiger partial charge in [-0.15, -0.1) is 0 Å². The highest BCUT2D eigenvalue weighted by atomic mass is 32.2. The van der Waals surface area contributed by atoms with Crippen LogP contribution in [0.3, 0.4) is 0 Å². The number of rotatable bonds is 6. The van der Waals surface area contributed by atoms with Gasteiger partial charge < -0.3 is 14.6 Å². The summed E-state index contributed by atoms with van der Waals surface area (Å²) >= 11 is 1.71. The summed E-state index contributed by atoms with van der Waals surface area (Å²) in [6.07, 6.45) is 3.45. The Balaban J connectivity index is 1.86. The lowest BCUT2D eigenvalue weighted by Crippen LogP contribution is -2.23.